The van der Waals surface area contributed by atoms with Crippen LogP contribution in [0.25, 0.3) is 22.3 Å². The largest absolute Gasteiger partial charge is 0.508 e. The van der Waals surface area contributed by atoms with Gasteiger partial charge < -0.3 is 64.6 Å². The summed E-state index contributed by atoms with van der Waals surface area (Å²) in [4.78, 5) is 13.1. The van der Waals surface area contributed by atoms with Crippen molar-refractivity contribution in [2.24, 2.45) is 0 Å². The Morgan fingerprint density at radius 3 is 2.17 bits per heavy atom. The molecule has 1 aromatic heterocycles. The molecule has 0 aliphatic carbocycles. The Labute approximate surface area is 231 Å². The summed E-state index contributed by atoms with van der Waals surface area (Å²) in [5.74, 6) is -1.39. The molecule has 0 unspecified atom stereocenters. The van der Waals surface area contributed by atoms with Crippen LogP contribution in [0.4, 0.5) is 0 Å². The van der Waals surface area contributed by atoms with Gasteiger partial charge in [0, 0.05) is 17.7 Å². The molecular weight excluding hydrogens is 548 g/mol. The van der Waals surface area contributed by atoms with E-state index < -0.39 is 84.8 Å². The predicted molar refractivity (Wildman–Crippen MR) is 137 cm³/mol. The zero-order chi connectivity index (χ0) is 29.7. The molecule has 2 aromatic carbocycles. The van der Waals surface area contributed by atoms with Crippen molar-refractivity contribution in [3.63, 3.8) is 0 Å². The highest BCUT2D eigenvalue weighted by molar-refractivity contribution is 5.89. The van der Waals surface area contributed by atoms with Gasteiger partial charge in [-0.15, -0.1) is 0 Å². The maximum absolute atomic E-state index is 13.1. The fourth-order valence-corrected chi connectivity index (χ4v) is 5.12. The first-order valence-corrected chi connectivity index (χ1v) is 12.7. The van der Waals surface area contributed by atoms with Crippen LogP contribution in [0.3, 0.4) is 0 Å². The lowest BCUT2D eigenvalue weighted by Crippen LogP contribution is -2.61. The molecule has 14 nitrogen and oxygen atoms in total. The van der Waals surface area contributed by atoms with Gasteiger partial charge in [-0.1, -0.05) is 0 Å². The molecule has 14 heteroatoms. The highest BCUT2D eigenvalue weighted by Gasteiger charge is 2.51. The van der Waals surface area contributed by atoms with Gasteiger partial charge in [0.2, 0.25) is 0 Å². The molecule has 2 aliphatic heterocycles. The van der Waals surface area contributed by atoms with Gasteiger partial charge in [-0.2, -0.15) is 0 Å². The molecule has 2 aliphatic rings. The van der Waals surface area contributed by atoms with Gasteiger partial charge in [-0.05, 0) is 31.2 Å². The maximum atomic E-state index is 13.1. The van der Waals surface area contributed by atoms with Crippen LogP contribution < -0.4 is 5.43 Å². The average Bonchev–Trinajstić information content (AvgIpc) is 2.93. The van der Waals surface area contributed by atoms with Crippen molar-refractivity contribution in [1.29, 1.82) is 0 Å². The first kappa shape index (κ1) is 29.2. The minimum Gasteiger partial charge on any atom is -0.508 e. The van der Waals surface area contributed by atoms with E-state index in [2.05, 4.69) is 0 Å². The number of hydrogen-bond acceptors (Lipinski definition) is 14. The van der Waals surface area contributed by atoms with Crippen LogP contribution in [0, 0.1) is 0 Å². The number of aliphatic hydroxyl groups is 6. The topological polar surface area (TPSA) is 240 Å². The number of benzene rings is 2. The molecule has 3 aromatic rings. The lowest BCUT2D eigenvalue weighted by atomic mass is 9.89. The molecule has 2 fully saturated rings. The minimum atomic E-state index is -1.85. The Morgan fingerprint density at radius 1 is 0.829 bits per heavy atom. The van der Waals surface area contributed by atoms with E-state index >= 15 is 0 Å². The zero-order valence-corrected chi connectivity index (χ0v) is 21.5. The van der Waals surface area contributed by atoms with Gasteiger partial charge in [-0.25, -0.2) is 0 Å². The molecular formula is C27H30O14. The first-order valence-electron chi connectivity index (χ1n) is 12.7. The highest BCUT2D eigenvalue weighted by Crippen LogP contribution is 2.45. The van der Waals surface area contributed by atoms with Gasteiger partial charge in [0.15, 0.2) is 17.3 Å². The summed E-state index contributed by atoms with van der Waals surface area (Å²) >= 11 is 0. The van der Waals surface area contributed by atoms with E-state index in [1.165, 1.54) is 31.2 Å². The smallest absolute Gasteiger partial charge is 0.197 e. The SMILES string of the molecule is C[C@@H]1O[C@@H](O[C@H]2[C@H](O)[C@H](O)[C@@H](CO)O[C@H]2c2c(O)cc(O)c3c(=O)cc(-c4ccc(O)cc4)oc23)[C@@H](O)[C@@H](O)[C@@H]1O. The fraction of sp³-hybridized carbons (Fsp3) is 0.444. The number of phenols is 3. The molecule has 41 heavy (non-hydrogen) atoms. The molecule has 5 rings (SSSR count). The lowest BCUT2D eigenvalue weighted by Gasteiger charge is -2.46. The third kappa shape index (κ3) is 5.14. The lowest BCUT2D eigenvalue weighted by molar-refractivity contribution is -0.338. The van der Waals surface area contributed by atoms with Gasteiger partial charge in [0.05, 0.1) is 18.3 Å². The number of rotatable bonds is 5. The third-order valence-corrected chi connectivity index (χ3v) is 7.40. The van der Waals surface area contributed by atoms with Crippen molar-refractivity contribution < 1.29 is 64.6 Å². The van der Waals surface area contributed by atoms with Crippen molar-refractivity contribution in [3.05, 3.63) is 52.2 Å². The van der Waals surface area contributed by atoms with E-state index in [0.717, 1.165) is 12.1 Å². The Morgan fingerprint density at radius 2 is 1.51 bits per heavy atom. The number of aromatic hydroxyl groups is 3. The van der Waals surface area contributed by atoms with E-state index in [1.54, 1.807) is 0 Å². The molecule has 0 radical (unpaired) electrons. The van der Waals surface area contributed by atoms with Crippen LogP contribution in [0.5, 0.6) is 17.2 Å². The fourth-order valence-electron chi connectivity index (χ4n) is 5.12. The number of aliphatic hydroxyl groups excluding tert-OH is 6. The molecule has 9 N–H and O–H groups in total. The quantitative estimate of drug-likeness (QED) is 0.175. The summed E-state index contributed by atoms with van der Waals surface area (Å²) in [6.07, 6.45) is -16.0. The van der Waals surface area contributed by atoms with Crippen molar-refractivity contribution in [1.82, 2.24) is 0 Å². The Bertz CT molecular complexity index is 1460. The molecule has 2 saturated heterocycles. The average molecular weight is 579 g/mol. The summed E-state index contributed by atoms with van der Waals surface area (Å²) in [6.45, 7) is 0.613. The second-order valence-corrected chi connectivity index (χ2v) is 10.1. The number of hydrogen-bond donors (Lipinski definition) is 9. The number of phenolic OH excluding ortho intramolecular Hbond substituents is 3. The second kappa shape index (κ2) is 11.2. The van der Waals surface area contributed by atoms with Gasteiger partial charge in [-0.3, -0.25) is 4.79 Å². The third-order valence-electron chi connectivity index (χ3n) is 7.40. The summed E-state index contributed by atoms with van der Waals surface area (Å²) in [7, 11) is 0. The van der Waals surface area contributed by atoms with E-state index in [4.69, 9.17) is 18.6 Å². The summed E-state index contributed by atoms with van der Waals surface area (Å²) < 4.78 is 23.0. The Balaban J connectivity index is 1.67. The maximum Gasteiger partial charge on any atom is 0.197 e. The van der Waals surface area contributed by atoms with Crippen LogP contribution in [-0.2, 0) is 14.2 Å². The number of fused-ring (bicyclic) bond motifs is 1. The van der Waals surface area contributed by atoms with Crippen LogP contribution in [0.2, 0.25) is 0 Å². The van der Waals surface area contributed by atoms with Crippen molar-refractivity contribution in [3.8, 4) is 28.6 Å². The molecule has 0 amide bonds. The normalized spacial score (nSPS) is 34.1. The van der Waals surface area contributed by atoms with Crippen molar-refractivity contribution >= 4 is 11.0 Å². The van der Waals surface area contributed by atoms with Crippen LogP contribution in [-0.4, -0.2) is 108 Å². The second-order valence-electron chi connectivity index (χ2n) is 10.1. The molecule has 222 valence electrons. The Hall–Kier alpha value is -3.31. The summed E-state index contributed by atoms with van der Waals surface area (Å²) in [5, 5.41) is 93.0. The van der Waals surface area contributed by atoms with Gasteiger partial charge >= 0.3 is 0 Å². The molecule has 0 saturated carbocycles. The van der Waals surface area contributed by atoms with Gasteiger partial charge in [0.25, 0.3) is 0 Å². The minimum absolute atomic E-state index is 0.0294. The summed E-state index contributed by atoms with van der Waals surface area (Å²) in [5.41, 5.74) is -1.08. The van der Waals surface area contributed by atoms with E-state index in [-0.39, 0.29) is 28.0 Å². The first-order chi connectivity index (χ1) is 19.4. The summed E-state index contributed by atoms with van der Waals surface area (Å²) in [6, 6.07) is 7.53. The Kier molecular flexibility index (Phi) is 7.95. The van der Waals surface area contributed by atoms with Gasteiger partial charge in [0.1, 0.15) is 77.2 Å². The molecule has 10 atom stereocenters. The molecule has 3 heterocycles. The number of ether oxygens (including phenoxy) is 3. The monoisotopic (exact) mass is 578 g/mol. The van der Waals surface area contributed by atoms with Crippen LogP contribution in [0.15, 0.2) is 45.6 Å². The van der Waals surface area contributed by atoms with E-state index in [1.807, 2.05) is 0 Å². The van der Waals surface area contributed by atoms with E-state index in [0.29, 0.717) is 5.56 Å². The van der Waals surface area contributed by atoms with Crippen molar-refractivity contribution in [2.75, 3.05) is 6.61 Å². The van der Waals surface area contributed by atoms with E-state index in [9.17, 15) is 50.8 Å². The van der Waals surface area contributed by atoms with Crippen LogP contribution >= 0.6 is 0 Å². The highest BCUT2D eigenvalue weighted by atomic mass is 16.7. The molecule has 0 spiro atoms. The standard InChI is InChI=1S/C27H30O14/c1-9-19(33)21(35)23(37)27(38-9)41-26-22(36)20(34)16(8-28)40-25(26)18-13(31)6-12(30)17-14(32)7-15(39-24(17)18)10-2-4-11(29)5-3-10/h2-7,9,16,19-23,25-31,33-37H,8H2,1H3/t9-,16+,19+,20+,21-,22+,23-,25-,26-,27-/m0/s1. The zero-order valence-electron chi connectivity index (χ0n) is 21.5. The van der Waals surface area contributed by atoms with Crippen LogP contribution in [0.1, 0.15) is 18.6 Å². The molecule has 0 bridgehead atoms. The van der Waals surface area contributed by atoms with Crippen molar-refractivity contribution in [2.45, 2.75) is 68.1 Å². The predicted octanol–water partition coefficient (Wildman–Crippen LogP) is -1.06.